The molecule has 1 heterocycles. The van der Waals surface area contributed by atoms with E-state index in [0.717, 1.165) is 21.6 Å². The van der Waals surface area contributed by atoms with E-state index in [1.807, 2.05) is 60.7 Å². The molecule has 1 amide bonds. The zero-order valence-corrected chi connectivity index (χ0v) is 18.1. The number of benzene rings is 3. The molecule has 1 unspecified atom stereocenters. The van der Waals surface area contributed by atoms with Gasteiger partial charge in [-0.05, 0) is 49.2 Å². The van der Waals surface area contributed by atoms with E-state index in [-0.39, 0.29) is 5.91 Å². The number of thiazole rings is 1. The third-order valence-corrected chi connectivity index (χ3v) is 6.02. The van der Waals surface area contributed by atoms with Gasteiger partial charge in [0.1, 0.15) is 5.01 Å². The Morgan fingerprint density at radius 3 is 2.45 bits per heavy atom. The van der Waals surface area contributed by atoms with E-state index >= 15 is 0 Å². The highest BCUT2D eigenvalue weighted by Crippen LogP contribution is 2.32. The molecular weight excluding hydrogens is 408 g/mol. The lowest BCUT2D eigenvalue weighted by atomic mass is 10.1. The Hall–Kier alpha value is -3.51. The minimum atomic E-state index is -0.943. The fourth-order valence-electron chi connectivity index (χ4n) is 3.18. The number of ether oxygens (including phenoxy) is 1. The Morgan fingerprint density at radius 1 is 1.00 bits per heavy atom. The molecule has 0 saturated carbocycles. The van der Waals surface area contributed by atoms with Gasteiger partial charge in [-0.2, -0.15) is 0 Å². The van der Waals surface area contributed by atoms with Crippen LogP contribution in [0.2, 0.25) is 0 Å². The number of carbonyl (C=O) groups excluding carboxylic acids is 2. The van der Waals surface area contributed by atoms with Crippen LogP contribution in [-0.4, -0.2) is 23.0 Å². The topological polar surface area (TPSA) is 68.3 Å². The van der Waals surface area contributed by atoms with Crippen molar-refractivity contribution in [2.75, 3.05) is 5.32 Å². The highest BCUT2D eigenvalue weighted by atomic mass is 32.1. The number of nitrogens with one attached hydrogen (secondary N) is 1. The van der Waals surface area contributed by atoms with Crippen LogP contribution < -0.4 is 5.32 Å². The summed E-state index contributed by atoms with van der Waals surface area (Å²) in [6.45, 7) is 3.63. The molecule has 0 aliphatic rings. The lowest BCUT2D eigenvalue weighted by Crippen LogP contribution is -2.30. The molecule has 0 radical (unpaired) electrons. The van der Waals surface area contributed by atoms with Gasteiger partial charge in [-0.25, -0.2) is 9.78 Å². The van der Waals surface area contributed by atoms with E-state index in [1.54, 1.807) is 19.1 Å². The van der Waals surface area contributed by atoms with Gasteiger partial charge in [-0.15, -0.1) is 11.3 Å². The number of hydrogen-bond donors (Lipinski definition) is 1. The zero-order chi connectivity index (χ0) is 21.8. The average molecular weight is 431 g/mol. The molecule has 0 saturated heterocycles. The Kier molecular flexibility index (Phi) is 6.09. The van der Waals surface area contributed by atoms with E-state index in [0.29, 0.717) is 16.8 Å². The predicted molar refractivity (Wildman–Crippen MR) is 124 cm³/mol. The molecular formula is C25H22N2O3S. The predicted octanol–water partition coefficient (Wildman–Crippen LogP) is 5.71. The van der Waals surface area contributed by atoms with Gasteiger partial charge in [0, 0.05) is 11.3 Å². The number of hydrogen-bond acceptors (Lipinski definition) is 5. The Balaban J connectivity index is 1.49. The van der Waals surface area contributed by atoms with Crippen LogP contribution in [0.4, 0.5) is 5.69 Å². The standard InChI is InChI=1S/C25H22N2O3S/c1-3-17-12-14-18(15-13-17)26-23(28)16(2)30-25(29)20-9-5-4-8-19(20)24-27-21-10-6-7-11-22(21)31-24/h4-16H,3H2,1-2H3,(H,26,28). The second-order valence-electron chi connectivity index (χ2n) is 7.12. The lowest BCUT2D eigenvalue weighted by molar-refractivity contribution is -0.123. The van der Waals surface area contributed by atoms with Gasteiger partial charge in [-0.3, -0.25) is 4.79 Å². The van der Waals surface area contributed by atoms with Crippen molar-refractivity contribution in [3.8, 4) is 10.6 Å². The van der Waals surface area contributed by atoms with Crippen LogP contribution in [0.15, 0.2) is 72.8 Å². The summed E-state index contributed by atoms with van der Waals surface area (Å²) in [7, 11) is 0. The Labute approximate surface area is 184 Å². The van der Waals surface area contributed by atoms with E-state index < -0.39 is 12.1 Å². The smallest absolute Gasteiger partial charge is 0.339 e. The van der Waals surface area contributed by atoms with Crippen molar-refractivity contribution < 1.29 is 14.3 Å². The highest BCUT2D eigenvalue weighted by molar-refractivity contribution is 7.21. The molecule has 6 heteroatoms. The van der Waals surface area contributed by atoms with E-state index in [1.165, 1.54) is 16.9 Å². The van der Waals surface area contributed by atoms with Gasteiger partial charge in [0.05, 0.1) is 15.8 Å². The molecule has 1 N–H and O–H groups in total. The molecule has 0 fully saturated rings. The minimum Gasteiger partial charge on any atom is -0.449 e. The van der Waals surface area contributed by atoms with Crippen molar-refractivity contribution in [2.45, 2.75) is 26.4 Å². The first-order valence-corrected chi connectivity index (χ1v) is 10.9. The molecule has 0 bridgehead atoms. The molecule has 4 aromatic rings. The monoisotopic (exact) mass is 430 g/mol. The number of rotatable bonds is 6. The number of amides is 1. The van der Waals surface area contributed by atoms with Gasteiger partial charge in [0.2, 0.25) is 0 Å². The number of nitrogens with zero attached hydrogens (tertiary/aromatic N) is 1. The summed E-state index contributed by atoms with van der Waals surface area (Å²) in [5.41, 5.74) is 3.81. The maximum absolute atomic E-state index is 12.9. The number of para-hydroxylation sites is 1. The Bertz CT molecular complexity index is 1200. The minimum absolute atomic E-state index is 0.380. The van der Waals surface area contributed by atoms with E-state index in [9.17, 15) is 9.59 Å². The third kappa shape index (κ3) is 4.64. The number of fused-ring (bicyclic) bond motifs is 1. The zero-order valence-electron chi connectivity index (χ0n) is 17.3. The Morgan fingerprint density at radius 2 is 1.71 bits per heavy atom. The maximum atomic E-state index is 12.9. The highest BCUT2D eigenvalue weighted by Gasteiger charge is 2.22. The number of esters is 1. The van der Waals surface area contributed by atoms with Crippen molar-refractivity contribution in [2.24, 2.45) is 0 Å². The maximum Gasteiger partial charge on any atom is 0.339 e. The fraction of sp³-hybridized carbons (Fsp3) is 0.160. The normalized spacial score (nSPS) is 11.8. The molecule has 0 aliphatic heterocycles. The molecule has 156 valence electrons. The first-order chi connectivity index (χ1) is 15.0. The summed E-state index contributed by atoms with van der Waals surface area (Å²) in [5.74, 6) is -0.936. The van der Waals surface area contributed by atoms with Gasteiger partial charge in [-0.1, -0.05) is 49.4 Å². The van der Waals surface area contributed by atoms with Crippen molar-refractivity contribution >= 4 is 39.1 Å². The molecule has 31 heavy (non-hydrogen) atoms. The van der Waals surface area contributed by atoms with Crippen molar-refractivity contribution in [1.29, 1.82) is 0 Å². The number of aryl methyl sites for hydroxylation is 1. The largest absolute Gasteiger partial charge is 0.449 e. The summed E-state index contributed by atoms with van der Waals surface area (Å²) in [6.07, 6.45) is -0.0159. The van der Waals surface area contributed by atoms with Gasteiger partial charge in [0.15, 0.2) is 6.10 Å². The number of anilines is 1. The summed E-state index contributed by atoms with van der Waals surface area (Å²) in [4.78, 5) is 30.0. The molecule has 1 aromatic heterocycles. The quantitative estimate of drug-likeness (QED) is 0.398. The number of aromatic nitrogens is 1. The molecule has 0 aliphatic carbocycles. The van der Waals surface area contributed by atoms with Crippen LogP contribution in [0.3, 0.4) is 0 Å². The summed E-state index contributed by atoms with van der Waals surface area (Å²) >= 11 is 1.51. The second-order valence-corrected chi connectivity index (χ2v) is 8.15. The summed E-state index contributed by atoms with van der Waals surface area (Å²) < 4.78 is 6.52. The third-order valence-electron chi connectivity index (χ3n) is 4.95. The van der Waals surface area contributed by atoms with E-state index in [2.05, 4.69) is 17.2 Å². The number of carbonyl (C=O) groups is 2. The lowest BCUT2D eigenvalue weighted by Gasteiger charge is -2.15. The molecule has 1 atom stereocenters. The van der Waals surface area contributed by atoms with Crippen molar-refractivity contribution in [3.05, 3.63) is 83.9 Å². The van der Waals surface area contributed by atoms with Crippen LogP contribution in [0.25, 0.3) is 20.8 Å². The van der Waals surface area contributed by atoms with Crippen LogP contribution in [0.5, 0.6) is 0 Å². The molecule has 0 spiro atoms. The van der Waals surface area contributed by atoms with Gasteiger partial charge < -0.3 is 10.1 Å². The average Bonchev–Trinajstić information content (AvgIpc) is 3.23. The van der Waals surface area contributed by atoms with Crippen LogP contribution in [0, 0.1) is 0 Å². The second kappa shape index (κ2) is 9.10. The summed E-state index contributed by atoms with van der Waals surface area (Å²) in [5, 5.41) is 3.53. The van der Waals surface area contributed by atoms with E-state index in [4.69, 9.17) is 4.74 Å². The molecule has 3 aromatic carbocycles. The van der Waals surface area contributed by atoms with Gasteiger partial charge in [0.25, 0.3) is 5.91 Å². The molecule has 4 rings (SSSR count). The fourth-order valence-corrected chi connectivity index (χ4v) is 4.19. The van der Waals surface area contributed by atoms with Crippen molar-refractivity contribution in [3.63, 3.8) is 0 Å². The van der Waals surface area contributed by atoms with Crippen LogP contribution >= 0.6 is 11.3 Å². The summed E-state index contributed by atoms with van der Waals surface area (Å²) in [6, 6.07) is 22.6. The van der Waals surface area contributed by atoms with Gasteiger partial charge >= 0.3 is 5.97 Å². The van der Waals surface area contributed by atoms with Crippen LogP contribution in [0.1, 0.15) is 29.8 Å². The first kappa shape index (κ1) is 20.8. The van der Waals surface area contributed by atoms with Crippen molar-refractivity contribution in [1.82, 2.24) is 4.98 Å². The molecule has 5 nitrogen and oxygen atoms in total. The first-order valence-electron chi connectivity index (χ1n) is 10.1. The SMILES string of the molecule is CCc1ccc(NC(=O)C(C)OC(=O)c2ccccc2-c2nc3ccccc3s2)cc1. The van der Waals surface area contributed by atoms with Crippen LogP contribution in [-0.2, 0) is 16.0 Å².